The number of hydrogen-bond acceptors (Lipinski definition) is 5. The fraction of sp³-hybridized carbons (Fsp3) is 0.0556. The van der Waals surface area contributed by atoms with E-state index in [2.05, 4.69) is 146 Å². The van der Waals surface area contributed by atoms with Crippen molar-refractivity contribution in [3.8, 4) is 56.4 Å². The molecule has 2 aromatic heterocycles. The molecule has 0 amide bonds. The van der Waals surface area contributed by atoms with E-state index in [0.29, 0.717) is 17.5 Å². The van der Waals surface area contributed by atoms with E-state index in [1.165, 1.54) is 33.4 Å². The third-order valence-electron chi connectivity index (χ3n) is 11.7. The first kappa shape index (κ1) is 34.6. The van der Waals surface area contributed by atoms with E-state index in [1.54, 1.807) is 0 Å². The lowest BCUT2D eigenvalue weighted by Gasteiger charge is -2.28. The van der Waals surface area contributed by atoms with Gasteiger partial charge in [0.25, 0.3) is 0 Å². The van der Waals surface area contributed by atoms with Gasteiger partial charge in [0.05, 0.1) is 0 Å². The summed E-state index contributed by atoms with van der Waals surface area (Å²) in [5.41, 5.74) is 15.1. The fourth-order valence-electron chi connectivity index (χ4n) is 8.69. The summed E-state index contributed by atoms with van der Waals surface area (Å²) in [5, 5.41) is 2.06. The van der Waals surface area contributed by atoms with Gasteiger partial charge in [-0.05, 0) is 88.0 Å². The summed E-state index contributed by atoms with van der Waals surface area (Å²) >= 11 is 0. The minimum Gasteiger partial charge on any atom is -0.456 e. The molecule has 1 aliphatic carbocycles. The molecule has 280 valence electrons. The molecule has 0 saturated heterocycles. The first-order chi connectivity index (χ1) is 29.0. The van der Waals surface area contributed by atoms with Gasteiger partial charge in [-0.15, -0.1) is 0 Å². The minimum atomic E-state index is -0.130. The zero-order valence-corrected chi connectivity index (χ0v) is 32.7. The molecular formula is C54H38N4O. The van der Waals surface area contributed by atoms with Gasteiger partial charge < -0.3 is 9.32 Å². The fourth-order valence-corrected chi connectivity index (χ4v) is 8.69. The molecule has 8 aromatic carbocycles. The molecule has 0 N–H and O–H groups in total. The van der Waals surface area contributed by atoms with Crippen molar-refractivity contribution < 1.29 is 4.42 Å². The Hall–Kier alpha value is -7.63. The summed E-state index contributed by atoms with van der Waals surface area (Å²) in [5.74, 6) is 1.84. The van der Waals surface area contributed by atoms with Crippen molar-refractivity contribution in [1.29, 1.82) is 0 Å². The summed E-state index contributed by atoms with van der Waals surface area (Å²) in [6, 6.07) is 68.0. The van der Waals surface area contributed by atoms with Crippen LogP contribution in [-0.2, 0) is 5.41 Å². The summed E-state index contributed by atoms with van der Waals surface area (Å²) in [4.78, 5) is 17.2. The molecule has 0 unspecified atom stereocenters. The van der Waals surface area contributed by atoms with Crippen molar-refractivity contribution >= 4 is 39.0 Å². The van der Waals surface area contributed by atoms with Gasteiger partial charge in [0.15, 0.2) is 17.5 Å². The van der Waals surface area contributed by atoms with Crippen molar-refractivity contribution in [3.05, 3.63) is 205 Å². The molecule has 59 heavy (non-hydrogen) atoms. The van der Waals surface area contributed by atoms with Crippen LogP contribution in [0.1, 0.15) is 25.0 Å². The zero-order chi connectivity index (χ0) is 39.5. The van der Waals surface area contributed by atoms with Crippen LogP contribution in [0.15, 0.2) is 199 Å². The van der Waals surface area contributed by atoms with Crippen LogP contribution in [0, 0.1) is 0 Å². The minimum absolute atomic E-state index is 0.130. The number of fused-ring (bicyclic) bond motifs is 6. The van der Waals surface area contributed by atoms with Gasteiger partial charge in [-0.1, -0.05) is 153 Å². The van der Waals surface area contributed by atoms with E-state index in [0.717, 1.165) is 55.7 Å². The zero-order valence-electron chi connectivity index (χ0n) is 32.7. The first-order valence-corrected chi connectivity index (χ1v) is 20.0. The van der Waals surface area contributed by atoms with Gasteiger partial charge in [-0.3, -0.25) is 0 Å². The number of hydrogen-bond donors (Lipinski definition) is 0. The third-order valence-corrected chi connectivity index (χ3v) is 11.7. The highest BCUT2D eigenvalue weighted by Crippen LogP contribution is 2.51. The Labute approximate surface area is 342 Å². The van der Waals surface area contributed by atoms with Gasteiger partial charge in [0.1, 0.15) is 11.2 Å². The Kier molecular flexibility index (Phi) is 8.09. The van der Waals surface area contributed by atoms with Crippen LogP contribution in [0.3, 0.4) is 0 Å². The molecular weight excluding hydrogens is 721 g/mol. The summed E-state index contributed by atoms with van der Waals surface area (Å²) < 4.78 is 6.59. The van der Waals surface area contributed by atoms with Crippen LogP contribution in [0.2, 0.25) is 0 Å². The SMILES string of the molecule is CC1(C)c2ccccc2-c2ccc(N(c3ccc(-c4ccccc4)cc3)c3ccc4oc5cc(-c6nc(-c7ccccc7)nc(-c7ccccc7)n6)ccc5c4c3)cc21. The molecule has 0 fully saturated rings. The van der Waals surface area contributed by atoms with Gasteiger partial charge in [-0.25, -0.2) is 15.0 Å². The molecule has 2 heterocycles. The van der Waals surface area contributed by atoms with E-state index in [9.17, 15) is 0 Å². The van der Waals surface area contributed by atoms with E-state index in [1.807, 2.05) is 66.7 Å². The Morgan fingerprint density at radius 1 is 0.373 bits per heavy atom. The van der Waals surface area contributed by atoms with Crippen LogP contribution >= 0.6 is 0 Å². The lowest BCUT2D eigenvalue weighted by atomic mass is 9.82. The van der Waals surface area contributed by atoms with Gasteiger partial charge in [-0.2, -0.15) is 0 Å². The molecule has 11 rings (SSSR count). The van der Waals surface area contributed by atoms with E-state index in [-0.39, 0.29) is 5.41 Å². The Balaban J connectivity index is 1.03. The summed E-state index contributed by atoms with van der Waals surface area (Å²) in [7, 11) is 0. The second kappa shape index (κ2) is 13.8. The van der Waals surface area contributed by atoms with Crippen LogP contribution in [0.5, 0.6) is 0 Å². The highest BCUT2D eigenvalue weighted by Gasteiger charge is 2.35. The number of benzene rings is 8. The summed E-state index contributed by atoms with van der Waals surface area (Å²) in [6.45, 7) is 4.67. The first-order valence-electron chi connectivity index (χ1n) is 20.0. The van der Waals surface area contributed by atoms with Gasteiger partial charge >= 0.3 is 0 Å². The van der Waals surface area contributed by atoms with Crippen molar-refractivity contribution in [2.24, 2.45) is 0 Å². The largest absolute Gasteiger partial charge is 0.456 e. The molecule has 0 radical (unpaired) electrons. The normalized spacial score (nSPS) is 12.7. The smallest absolute Gasteiger partial charge is 0.164 e. The number of furan rings is 1. The average molecular weight is 759 g/mol. The second-order valence-corrected chi connectivity index (χ2v) is 15.7. The molecule has 0 spiro atoms. The third kappa shape index (κ3) is 5.98. The van der Waals surface area contributed by atoms with Crippen molar-refractivity contribution in [3.63, 3.8) is 0 Å². The Morgan fingerprint density at radius 2 is 0.881 bits per heavy atom. The van der Waals surface area contributed by atoms with Gasteiger partial charge in [0, 0.05) is 49.9 Å². The molecule has 0 bridgehead atoms. The standard InChI is InChI=1S/C54H38N4O/c1-54(2)47-21-13-12-20-43(47)44-30-27-42(34-48(44)54)58(40-25-22-36(23-26-40)35-14-6-3-7-15-35)41-28-31-49-46(33-41)45-29-24-39(32-50(45)59-49)53-56-51(37-16-8-4-9-17-37)55-52(57-53)38-18-10-5-11-19-38/h3-34H,1-2H3. The van der Waals surface area contributed by atoms with Gasteiger partial charge in [0.2, 0.25) is 0 Å². The maximum atomic E-state index is 6.59. The predicted molar refractivity (Wildman–Crippen MR) is 241 cm³/mol. The van der Waals surface area contributed by atoms with E-state index < -0.39 is 0 Å². The van der Waals surface area contributed by atoms with Crippen LogP contribution in [-0.4, -0.2) is 15.0 Å². The van der Waals surface area contributed by atoms with Crippen LogP contribution in [0.4, 0.5) is 17.1 Å². The quantitative estimate of drug-likeness (QED) is 0.162. The molecule has 0 aliphatic heterocycles. The number of nitrogens with zero attached hydrogens (tertiary/aromatic N) is 4. The molecule has 5 nitrogen and oxygen atoms in total. The maximum absolute atomic E-state index is 6.59. The summed E-state index contributed by atoms with van der Waals surface area (Å²) in [6.07, 6.45) is 0. The second-order valence-electron chi connectivity index (χ2n) is 15.7. The topological polar surface area (TPSA) is 55.1 Å². The van der Waals surface area contributed by atoms with Crippen molar-refractivity contribution in [2.45, 2.75) is 19.3 Å². The van der Waals surface area contributed by atoms with E-state index in [4.69, 9.17) is 19.4 Å². The predicted octanol–water partition coefficient (Wildman–Crippen LogP) is 14.2. The maximum Gasteiger partial charge on any atom is 0.164 e. The number of rotatable bonds is 7. The number of aromatic nitrogens is 3. The average Bonchev–Trinajstić information content (AvgIpc) is 3.78. The Bertz CT molecular complexity index is 3120. The molecule has 10 aromatic rings. The van der Waals surface area contributed by atoms with Crippen LogP contribution < -0.4 is 4.90 Å². The lowest BCUT2D eigenvalue weighted by Crippen LogP contribution is -2.16. The molecule has 0 saturated carbocycles. The van der Waals surface area contributed by atoms with Crippen molar-refractivity contribution in [2.75, 3.05) is 4.90 Å². The molecule has 0 atom stereocenters. The van der Waals surface area contributed by atoms with Crippen molar-refractivity contribution in [1.82, 2.24) is 15.0 Å². The molecule has 1 aliphatic rings. The van der Waals surface area contributed by atoms with E-state index >= 15 is 0 Å². The molecule has 5 heteroatoms. The Morgan fingerprint density at radius 3 is 1.56 bits per heavy atom. The monoisotopic (exact) mass is 758 g/mol. The number of anilines is 3. The van der Waals surface area contributed by atoms with Crippen LogP contribution in [0.25, 0.3) is 78.4 Å². The highest BCUT2D eigenvalue weighted by molar-refractivity contribution is 6.07. The highest BCUT2D eigenvalue weighted by atomic mass is 16.3. The lowest BCUT2D eigenvalue weighted by molar-refractivity contribution is 0.660.